The molecule has 0 aliphatic heterocycles. The van der Waals surface area contributed by atoms with E-state index in [1.807, 2.05) is 6.92 Å². The first kappa shape index (κ1) is 19.4. The molecule has 1 heterocycles. The van der Waals surface area contributed by atoms with Crippen molar-refractivity contribution in [1.29, 1.82) is 0 Å². The van der Waals surface area contributed by atoms with Crippen molar-refractivity contribution in [3.8, 4) is 0 Å². The molecule has 0 aliphatic rings. The van der Waals surface area contributed by atoms with Gasteiger partial charge in [0.2, 0.25) is 0 Å². The zero-order valence-electron chi connectivity index (χ0n) is 14.0. The third-order valence-electron chi connectivity index (χ3n) is 3.14. The number of carbonyl (C=O) groups excluding carboxylic acids is 3. The average Bonchev–Trinajstić information content (AvgIpc) is 2.66. The zero-order chi connectivity index (χ0) is 18.9. The van der Waals surface area contributed by atoms with Gasteiger partial charge in [-0.15, -0.1) is 0 Å². The van der Waals surface area contributed by atoms with E-state index in [2.05, 4.69) is 10.3 Å². The van der Waals surface area contributed by atoms with Gasteiger partial charge in [-0.2, -0.15) is 0 Å². The number of ether oxygens (including phenoxy) is 2. The predicted octanol–water partition coefficient (Wildman–Crippen LogP) is 3.10. The maximum absolute atomic E-state index is 11.9. The summed E-state index contributed by atoms with van der Waals surface area (Å²) in [5, 5.41) is 2.74. The molecule has 26 heavy (non-hydrogen) atoms. The second kappa shape index (κ2) is 9.53. The number of hydrogen-bond donors (Lipinski definition) is 1. The molecular weight excluding hydrogens is 360 g/mol. The van der Waals surface area contributed by atoms with Gasteiger partial charge < -0.3 is 14.8 Å². The summed E-state index contributed by atoms with van der Waals surface area (Å²) in [6.45, 7) is 1.67. The van der Waals surface area contributed by atoms with Crippen LogP contribution in [0.15, 0.2) is 42.7 Å². The molecule has 8 heteroatoms. The molecule has 0 unspecified atom stereocenters. The highest BCUT2D eigenvalue weighted by atomic mass is 35.5. The minimum atomic E-state index is -0.659. The zero-order valence-corrected chi connectivity index (χ0v) is 14.8. The summed E-state index contributed by atoms with van der Waals surface area (Å²) in [7, 11) is 0. The van der Waals surface area contributed by atoms with Gasteiger partial charge in [-0.3, -0.25) is 9.78 Å². The largest absolute Gasteiger partial charge is 0.462 e. The van der Waals surface area contributed by atoms with E-state index in [-0.39, 0.29) is 22.8 Å². The number of carbonyl (C=O) groups is 3. The normalized spacial score (nSPS) is 10.1. The molecule has 2 aromatic rings. The van der Waals surface area contributed by atoms with Crippen LogP contribution in [0.2, 0.25) is 5.02 Å². The summed E-state index contributed by atoms with van der Waals surface area (Å²) in [6, 6.07) is 7.52. The van der Waals surface area contributed by atoms with Gasteiger partial charge in [0.25, 0.3) is 5.91 Å². The Balaban J connectivity index is 1.94. The highest BCUT2D eigenvalue weighted by Gasteiger charge is 2.14. The number of benzene rings is 1. The summed E-state index contributed by atoms with van der Waals surface area (Å²) in [5.74, 6) is -1.79. The van der Waals surface area contributed by atoms with Crippen LogP contribution in [0.4, 0.5) is 5.69 Å². The van der Waals surface area contributed by atoms with Crippen LogP contribution in [-0.4, -0.2) is 36.0 Å². The fraction of sp³-hybridized carbons (Fsp3) is 0.222. The maximum atomic E-state index is 11.9. The Bertz CT molecular complexity index is 795. The highest BCUT2D eigenvalue weighted by Crippen LogP contribution is 2.21. The standard InChI is InChI=1S/C18H17ClN2O5/c1-2-8-25-18(24)14-9-13(5-6-15(14)19)21-16(22)11-26-17(23)12-4-3-7-20-10-12/h3-7,9-10H,2,8,11H2,1H3,(H,21,22). The third kappa shape index (κ3) is 5.56. The van der Waals surface area contributed by atoms with E-state index in [0.29, 0.717) is 12.1 Å². The molecule has 0 radical (unpaired) electrons. The van der Waals surface area contributed by atoms with Crippen molar-refractivity contribution in [2.75, 3.05) is 18.5 Å². The lowest BCUT2D eigenvalue weighted by Gasteiger charge is -2.09. The molecule has 0 bridgehead atoms. The van der Waals surface area contributed by atoms with Crippen molar-refractivity contribution in [2.45, 2.75) is 13.3 Å². The minimum Gasteiger partial charge on any atom is -0.462 e. The van der Waals surface area contributed by atoms with Crippen molar-refractivity contribution >= 4 is 35.1 Å². The molecule has 0 saturated carbocycles. The lowest BCUT2D eigenvalue weighted by atomic mass is 10.2. The van der Waals surface area contributed by atoms with Crippen LogP contribution in [0.25, 0.3) is 0 Å². The van der Waals surface area contributed by atoms with E-state index in [1.54, 1.807) is 6.07 Å². The number of halogens is 1. The van der Waals surface area contributed by atoms with Gasteiger partial charge in [0, 0.05) is 18.1 Å². The SMILES string of the molecule is CCCOC(=O)c1cc(NC(=O)COC(=O)c2cccnc2)ccc1Cl. The molecule has 2 rings (SSSR count). The van der Waals surface area contributed by atoms with E-state index in [0.717, 1.165) is 0 Å². The van der Waals surface area contributed by atoms with Crippen LogP contribution < -0.4 is 5.32 Å². The van der Waals surface area contributed by atoms with Gasteiger partial charge in [0.05, 0.1) is 22.8 Å². The Morgan fingerprint density at radius 1 is 1.15 bits per heavy atom. The van der Waals surface area contributed by atoms with E-state index >= 15 is 0 Å². The van der Waals surface area contributed by atoms with Crippen LogP contribution in [0.1, 0.15) is 34.1 Å². The first-order chi connectivity index (χ1) is 12.5. The number of pyridine rings is 1. The first-order valence-corrected chi connectivity index (χ1v) is 8.22. The summed E-state index contributed by atoms with van der Waals surface area (Å²) in [4.78, 5) is 39.4. The van der Waals surface area contributed by atoms with Gasteiger partial charge in [0.1, 0.15) is 0 Å². The Kier molecular flexibility index (Phi) is 7.11. The molecule has 0 spiro atoms. The first-order valence-electron chi connectivity index (χ1n) is 7.85. The number of hydrogen-bond acceptors (Lipinski definition) is 6. The smallest absolute Gasteiger partial charge is 0.340 e. The molecule has 0 aliphatic carbocycles. The van der Waals surface area contributed by atoms with Crippen LogP contribution in [0.5, 0.6) is 0 Å². The predicted molar refractivity (Wildman–Crippen MR) is 95.2 cm³/mol. The van der Waals surface area contributed by atoms with Gasteiger partial charge in [-0.1, -0.05) is 18.5 Å². The molecule has 0 fully saturated rings. The van der Waals surface area contributed by atoms with Gasteiger partial charge in [-0.25, -0.2) is 9.59 Å². The highest BCUT2D eigenvalue weighted by molar-refractivity contribution is 6.33. The second-order valence-corrected chi connectivity index (χ2v) is 5.60. The molecule has 1 aromatic carbocycles. The van der Waals surface area contributed by atoms with E-state index in [1.165, 1.54) is 36.7 Å². The number of nitrogens with one attached hydrogen (secondary N) is 1. The fourth-order valence-electron chi connectivity index (χ4n) is 1.93. The van der Waals surface area contributed by atoms with Crippen molar-refractivity contribution in [2.24, 2.45) is 0 Å². The minimum absolute atomic E-state index is 0.144. The summed E-state index contributed by atoms with van der Waals surface area (Å²) < 4.78 is 9.94. The Labute approximate surface area is 155 Å². The van der Waals surface area contributed by atoms with Crippen LogP contribution >= 0.6 is 11.6 Å². The van der Waals surface area contributed by atoms with Crippen molar-refractivity contribution in [1.82, 2.24) is 4.98 Å². The molecular formula is C18H17ClN2O5. The molecule has 136 valence electrons. The average molecular weight is 377 g/mol. The van der Waals surface area contributed by atoms with Crippen LogP contribution in [-0.2, 0) is 14.3 Å². The van der Waals surface area contributed by atoms with Crippen molar-refractivity contribution < 1.29 is 23.9 Å². The van der Waals surface area contributed by atoms with Gasteiger partial charge in [0.15, 0.2) is 6.61 Å². The molecule has 0 saturated heterocycles. The van der Waals surface area contributed by atoms with Crippen LogP contribution in [0.3, 0.4) is 0 Å². The number of anilines is 1. The fourth-order valence-corrected chi connectivity index (χ4v) is 2.12. The number of esters is 2. The Morgan fingerprint density at radius 3 is 2.65 bits per heavy atom. The molecule has 0 atom stereocenters. The lowest BCUT2D eigenvalue weighted by molar-refractivity contribution is -0.119. The third-order valence-corrected chi connectivity index (χ3v) is 3.47. The van der Waals surface area contributed by atoms with Crippen LogP contribution in [0, 0.1) is 0 Å². The van der Waals surface area contributed by atoms with E-state index < -0.39 is 24.5 Å². The number of rotatable bonds is 7. The quantitative estimate of drug-likeness (QED) is 0.746. The topological polar surface area (TPSA) is 94.6 Å². The monoisotopic (exact) mass is 376 g/mol. The number of nitrogens with zero attached hydrogens (tertiary/aromatic N) is 1. The van der Waals surface area contributed by atoms with Gasteiger partial charge in [-0.05, 0) is 36.8 Å². The summed E-state index contributed by atoms with van der Waals surface area (Å²) >= 11 is 5.99. The number of amides is 1. The van der Waals surface area contributed by atoms with Crippen molar-refractivity contribution in [3.63, 3.8) is 0 Å². The van der Waals surface area contributed by atoms with E-state index in [4.69, 9.17) is 21.1 Å². The molecule has 1 aromatic heterocycles. The summed E-state index contributed by atoms with van der Waals surface area (Å²) in [5.41, 5.74) is 0.721. The Hall–Kier alpha value is -2.93. The second-order valence-electron chi connectivity index (χ2n) is 5.20. The van der Waals surface area contributed by atoms with Gasteiger partial charge >= 0.3 is 11.9 Å². The summed E-state index contributed by atoms with van der Waals surface area (Å²) in [6.07, 6.45) is 3.54. The molecule has 1 N–H and O–H groups in total. The van der Waals surface area contributed by atoms with Crippen molar-refractivity contribution in [3.05, 3.63) is 58.9 Å². The van der Waals surface area contributed by atoms with E-state index in [9.17, 15) is 14.4 Å². The Morgan fingerprint density at radius 2 is 1.96 bits per heavy atom. The molecule has 1 amide bonds. The maximum Gasteiger partial charge on any atom is 0.340 e. The lowest BCUT2D eigenvalue weighted by Crippen LogP contribution is -2.21. The molecule has 7 nitrogen and oxygen atoms in total. The number of aromatic nitrogens is 1.